The molecule has 0 bridgehead atoms. The molecule has 0 unspecified atom stereocenters. The molecule has 178 valence electrons. The van der Waals surface area contributed by atoms with Gasteiger partial charge in [-0.25, -0.2) is 9.07 Å². The third-order valence-electron chi connectivity index (χ3n) is 5.85. The molecular formula is C24H22F4N4O2. The van der Waals surface area contributed by atoms with Gasteiger partial charge < -0.3 is 10.2 Å². The molecule has 1 aliphatic heterocycles. The van der Waals surface area contributed by atoms with Gasteiger partial charge >= 0.3 is 6.18 Å². The van der Waals surface area contributed by atoms with Gasteiger partial charge in [0.05, 0.1) is 23.0 Å². The van der Waals surface area contributed by atoms with Gasteiger partial charge in [-0.05, 0) is 43.5 Å². The summed E-state index contributed by atoms with van der Waals surface area (Å²) in [5.41, 5.74) is -0.945. The standard InChI is InChI=1S/C24H22F4N4O2/c1-15-6-2-5-9-20(15)32-21(24(26,27)28)18(14-29-32)22(33)30-16-10-12-31(13-11-16)23(34)17-7-3-4-8-19(17)25/h2-9,14,16H,10-13H2,1H3,(H,30,33). The number of nitrogens with zero attached hydrogens (tertiary/aromatic N) is 3. The number of nitrogens with one attached hydrogen (secondary N) is 1. The monoisotopic (exact) mass is 474 g/mol. The van der Waals surface area contributed by atoms with Gasteiger partial charge in [0.2, 0.25) is 0 Å². The second-order valence-corrected chi connectivity index (χ2v) is 8.12. The lowest BCUT2D eigenvalue weighted by Crippen LogP contribution is -2.46. The van der Waals surface area contributed by atoms with Crippen molar-refractivity contribution < 1.29 is 27.2 Å². The van der Waals surface area contributed by atoms with E-state index in [1.165, 1.54) is 29.2 Å². The summed E-state index contributed by atoms with van der Waals surface area (Å²) in [6, 6.07) is 11.7. The van der Waals surface area contributed by atoms with Crippen molar-refractivity contribution in [3.63, 3.8) is 0 Å². The number of likely N-dealkylation sites (tertiary alicyclic amines) is 1. The van der Waals surface area contributed by atoms with E-state index in [1.807, 2.05) is 0 Å². The highest BCUT2D eigenvalue weighted by molar-refractivity contribution is 5.96. The van der Waals surface area contributed by atoms with Crippen LogP contribution in [0.1, 0.15) is 44.8 Å². The van der Waals surface area contributed by atoms with Crippen LogP contribution < -0.4 is 5.32 Å². The fourth-order valence-electron chi connectivity index (χ4n) is 4.07. The Morgan fingerprint density at radius 1 is 1.00 bits per heavy atom. The van der Waals surface area contributed by atoms with E-state index >= 15 is 0 Å². The number of rotatable bonds is 4. The molecule has 3 aromatic rings. The smallest absolute Gasteiger partial charge is 0.349 e. The van der Waals surface area contributed by atoms with Crippen molar-refractivity contribution in [3.8, 4) is 5.69 Å². The molecule has 2 aromatic carbocycles. The molecule has 0 atom stereocenters. The Labute approximate surface area is 193 Å². The first kappa shape index (κ1) is 23.5. The number of halogens is 4. The molecule has 0 saturated carbocycles. The van der Waals surface area contributed by atoms with E-state index in [0.717, 1.165) is 10.9 Å². The van der Waals surface area contributed by atoms with Crippen molar-refractivity contribution in [2.24, 2.45) is 0 Å². The van der Waals surface area contributed by atoms with Crippen molar-refractivity contribution in [2.45, 2.75) is 32.0 Å². The molecule has 2 heterocycles. The van der Waals surface area contributed by atoms with Crippen LogP contribution in [0.15, 0.2) is 54.7 Å². The number of piperidine rings is 1. The van der Waals surface area contributed by atoms with Crippen LogP contribution in [-0.2, 0) is 6.18 Å². The number of carbonyl (C=O) groups excluding carboxylic acids is 2. The Kier molecular flexibility index (Phi) is 6.41. The quantitative estimate of drug-likeness (QED) is 0.571. The molecule has 34 heavy (non-hydrogen) atoms. The highest BCUT2D eigenvalue weighted by Crippen LogP contribution is 2.34. The van der Waals surface area contributed by atoms with Crippen LogP contribution in [0.5, 0.6) is 0 Å². The minimum absolute atomic E-state index is 0.0385. The van der Waals surface area contributed by atoms with Crippen LogP contribution in [0, 0.1) is 12.7 Å². The molecule has 1 saturated heterocycles. The van der Waals surface area contributed by atoms with Crippen molar-refractivity contribution in [2.75, 3.05) is 13.1 Å². The van der Waals surface area contributed by atoms with Gasteiger partial charge in [0.1, 0.15) is 5.82 Å². The van der Waals surface area contributed by atoms with E-state index < -0.39 is 41.1 Å². The van der Waals surface area contributed by atoms with Gasteiger partial charge in [0.15, 0.2) is 5.69 Å². The van der Waals surface area contributed by atoms with Crippen LogP contribution in [0.4, 0.5) is 17.6 Å². The van der Waals surface area contributed by atoms with Gasteiger partial charge in [-0.1, -0.05) is 30.3 Å². The molecular weight excluding hydrogens is 452 g/mol. The second kappa shape index (κ2) is 9.28. The summed E-state index contributed by atoms with van der Waals surface area (Å²) >= 11 is 0. The van der Waals surface area contributed by atoms with Gasteiger partial charge in [0, 0.05) is 19.1 Å². The van der Waals surface area contributed by atoms with Gasteiger partial charge in [-0.3, -0.25) is 9.59 Å². The average Bonchev–Trinajstić information content (AvgIpc) is 3.26. The minimum atomic E-state index is -4.80. The summed E-state index contributed by atoms with van der Waals surface area (Å²) < 4.78 is 56.4. The average molecular weight is 474 g/mol. The molecule has 4 rings (SSSR count). The zero-order chi connectivity index (χ0) is 24.5. The van der Waals surface area contributed by atoms with Gasteiger partial charge in [-0.15, -0.1) is 0 Å². The summed E-state index contributed by atoms with van der Waals surface area (Å²) in [4.78, 5) is 26.8. The van der Waals surface area contributed by atoms with Crippen molar-refractivity contribution in [1.29, 1.82) is 0 Å². The van der Waals surface area contributed by atoms with Crippen LogP contribution in [0.25, 0.3) is 5.69 Å². The largest absolute Gasteiger partial charge is 0.434 e. The normalized spacial score (nSPS) is 14.8. The molecule has 0 spiro atoms. The van der Waals surface area contributed by atoms with Crippen LogP contribution >= 0.6 is 0 Å². The van der Waals surface area contributed by atoms with E-state index in [4.69, 9.17) is 0 Å². The number of carbonyl (C=O) groups is 2. The summed E-state index contributed by atoms with van der Waals surface area (Å²) in [6.07, 6.45) is -3.22. The topological polar surface area (TPSA) is 67.2 Å². The molecule has 0 radical (unpaired) electrons. The van der Waals surface area contributed by atoms with Crippen molar-refractivity contribution >= 4 is 11.8 Å². The summed E-state index contributed by atoms with van der Waals surface area (Å²) in [5, 5.41) is 6.49. The van der Waals surface area contributed by atoms with Crippen molar-refractivity contribution in [3.05, 3.63) is 82.9 Å². The van der Waals surface area contributed by atoms with E-state index in [0.29, 0.717) is 18.4 Å². The maximum absolute atomic E-state index is 13.9. The van der Waals surface area contributed by atoms with Gasteiger partial charge in [-0.2, -0.15) is 18.3 Å². The zero-order valence-corrected chi connectivity index (χ0v) is 18.3. The lowest BCUT2D eigenvalue weighted by Gasteiger charge is -2.32. The SMILES string of the molecule is Cc1ccccc1-n1ncc(C(=O)NC2CCN(C(=O)c3ccccc3F)CC2)c1C(F)(F)F. The number of aryl methyl sites for hydroxylation is 1. The fourth-order valence-corrected chi connectivity index (χ4v) is 4.07. The maximum Gasteiger partial charge on any atom is 0.434 e. The first-order chi connectivity index (χ1) is 16.2. The molecule has 1 aromatic heterocycles. The Balaban J connectivity index is 1.47. The van der Waals surface area contributed by atoms with E-state index in [-0.39, 0.29) is 24.3 Å². The van der Waals surface area contributed by atoms with Crippen LogP contribution in [-0.4, -0.2) is 45.6 Å². The first-order valence-corrected chi connectivity index (χ1v) is 10.7. The number of para-hydroxylation sites is 1. The molecule has 1 fully saturated rings. The molecule has 2 amide bonds. The van der Waals surface area contributed by atoms with Crippen molar-refractivity contribution in [1.82, 2.24) is 20.0 Å². The highest BCUT2D eigenvalue weighted by Gasteiger charge is 2.41. The summed E-state index contributed by atoms with van der Waals surface area (Å²) in [5.74, 6) is -1.96. The number of hydrogen-bond acceptors (Lipinski definition) is 3. The second-order valence-electron chi connectivity index (χ2n) is 8.12. The lowest BCUT2D eigenvalue weighted by molar-refractivity contribution is -0.143. The summed E-state index contributed by atoms with van der Waals surface area (Å²) in [6.45, 7) is 2.15. The number of benzene rings is 2. The maximum atomic E-state index is 13.9. The Hall–Kier alpha value is -3.69. The summed E-state index contributed by atoms with van der Waals surface area (Å²) in [7, 11) is 0. The molecule has 10 heteroatoms. The number of aromatic nitrogens is 2. The lowest BCUT2D eigenvalue weighted by atomic mass is 10.0. The zero-order valence-electron chi connectivity index (χ0n) is 18.3. The Morgan fingerprint density at radius 3 is 2.29 bits per heavy atom. The molecule has 1 N–H and O–H groups in total. The molecule has 1 aliphatic rings. The predicted molar refractivity (Wildman–Crippen MR) is 116 cm³/mol. The van der Waals surface area contributed by atoms with E-state index in [9.17, 15) is 27.2 Å². The number of hydrogen-bond donors (Lipinski definition) is 1. The predicted octanol–water partition coefficient (Wildman–Crippen LogP) is 4.37. The van der Waals surface area contributed by atoms with E-state index in [2.05, 4.69) is 10.4 Å². The molecule has 6 nitrogen and oxygen atoms in total. The third-order valence-corrected chi connectivity index (χ3v) is 5.85. The molecule has 0 aliphatic carbocycles. The number of alkyl halides is 3. The van der Waals surface area contributed by atoms with Crippen LogP contribution in [0.3, 0.4) is 0 Å². The first-order valence-electron chi connectivity index (χ1n) is 10.7. The Bertz CT molecular complexity index is 1210. The van der Waals surface area contributed by atoms with Crippen LogP contribution in [0.2, 0.25) is 0 Å². The highest BCUT2D eigenvalue weighted by atomic mass is 19.4. The number of amides is 2. The third kappa shape index (κ3) is 4.66. The van der Waals surface area contributed by atoms with E-state index in [1.54, 1.807) is 31.2 Å². The van der Waals surface area contributed by atoms with Gasteiger partial charge in [0.25, 0.3) is 11.8 Å². The Morgan fingerprint density at radius 2 is 1.65 bits per heavy atom. The fraction of sp³-hybridized carbons (Fsp3) is 0.292. The minimum Gasteiger partial charge on any atom is -0.349 e.